The van der Waals surface area contributed by atoms with Crippen molar-refractivity contribution in [2.24, 2.45) is 0 Å². The highest BCUT2D eigenvalue weighted by atomic mass is 35.5. The molecule has 0 spiro atoms. The van der Waals surface area contributed by atoms with Gasteiger partial charge in [0.2, 0.25) is 11.8 Å². The SMILES string of the molecule is CC(=O)N(C)CC(=O)N1CCNC(C)C1C.Cl. The summed E-state index contributed by atoms with van der Waals surface area (Å²) in [6.45, 7) is 7.28. The molecule has 1 aliphatic rings. The Kier molecular flexibility index (Phi) is 6.49. The number of halogens is 1. The Balaban J connectivity index is 0.00000256. The van der Waals surface area contributed by atoms with E-state index in [0.29, 0.717) is 6.04 Å². The predicted molar refractivity (Wildman–Crippen MR) is 69.2 cm³/mol. The van der Waals surface area contributed by atoms with Gasteiger partial charge in [0.15, 0.2) is 0 Å². The number of amides is 2. The van der Waals surface area contributed by atoms with Crippen LogP contribution < -0.4 is 5.32 Å². The van der Waals surface area contributed by atoms with Crippen LogP contribution in [-0.4, -0.2) is 60.4 Å². The van der Waals surface area contributed by atoms with Crippen molar-refractivity contribution in [1.29, 1.82) is 0 Å². The topological polar surface area (TPSA) is 52.7 Å². The van der Waals surface area contributed by atoms with Crippen LogP contribution in [0.15, 0.2) is 0 Å². The third kappa shape index (κ3) is 4.16. The van der Waals surface area contributed by atoms with Gasteiger partial charge in [0.1, 0.15) is 0 Å². The minimum atomic E-state index is -0.0795. The first-order valence-electron chi connectivity index (χ1n) is 5.68. The van der Waals surface area contributed by atoms with Gasteiger partial charge in [-0.2, -0.15) is 0 Å². The molecule has 1 aliphatic heterocycles. The molecule has 2 unspecified atom stereocenters. The lowest BCUT2D eigenvalue weighted by Crippen LogP contribution is -2.58. The van der Waals surface area contributed by atoms with Crippen LogP contribution in [0.25, 0.3) is 0 Å². The molecule has 0 aromatic carbocycles. The Bertz CT molecular complexity index is 286. The van der Waals surface area contributed by atoms with E-state index in [-0.39, 0.29) is 36.8 Å². The molecule has 6 heteroatoms. The Labute approximate surface area is 109 Å². The molecule has 0 aromatic heterocycles. The highest BCUT2D eigenvalue weighted by Crippen LogP contribution is 2.09. The Morgan fingerprint density at radius 1 is 1.41 bits per heavy atom. The van der Waals surface area contributed by atoms with E-state index in [1.54, 1.807) is 7.05 Å². The van der Waals surface area contributed by atoms with Crippen LogP contribution in [0.4, 0.5) is 0 Å². The summed E-state index contributed by atoms with van der Waals surface area (Å²) < 4.78 is 0. The predicted octanol–water partition coefficient (Wildman–Crippen LogP) is 0.0953. The van der Waals surface area contributed by atoms with Gasteiger partial charge in [0.25, 0.3) is 0 Å². The number of nitrogens with one attached hydrogen (secondary N) is 1. The van der Waals surface area contributed by atoms with Gasteiger partial charge in [-0.25, -0.2) is 0 Å². The first-order valence-corrected chi connectivity index (χ1v) is 5.68. The molecule has 1 saturated heterocycles. The molecule has 0 aliphatic carbocycles. The molecule has 0 saturated carbocycles. The van der Waals surface area contributed by atoms with Gasteiger partial charge in [-0.15, -0.1) is 12.4 Å². The summed E-state index contributed by atoms with van der Waals surface area (Å²) >= 11 is 0. The number of nitrogens with zero attached hydrogens (tertiary/aromatic N) is 2. The lowest BCUT2D eigenvalue weighted by molar-refractivity contribution is -0.140. The van der Waals surface area contributed by atoms with Crippen molar-refractivity contribution in [1.82, 2.24) is 15.1 Å². The van der Waals surface area contributed by atoms with Crippen molar-refractivity contribution < 1.29 is 9.59 Å². The summed E-state index contributed by atoms with van der Waals surface area (Å²) in [5.74, 6) is -0.0530. The molecular formula is C11H22ClN3O2. The lowest BCUT2D eigenvalue weighted by atomic mass is 10.1. The van der Waals surface area contributed by atoms with Crippen LogP contribution in [0.5, 0.6) is 0 Å². The second-order valence-electron chi connectivity index (χ2n) is 4.45. The summed E-state index contributed by atoms with van der Waals surface area (Å²) in [7, 11) is 1.65. The number of likely N-dealkylation sites (N-methyl/N-ethyl adjacent to an activating group) is 1. The third-order valence-corrected chi connectivity index (χ3v) is 3.26. The molecule has 2 atom stereocenters. The number of carbonyl (C=O) groups is 2. The first kappa shape index (κ1) is 16.2. The Morgan fingerprint density at radius 3 is 2.53 bits per heavy atom. The van der Waals surface area contributed by atoms with Gasteiger partial charge in [0, 0.05) is 39.1 Å². The molecule has 0 aromatic rings. The summed E-state index contributed by atoms with van der Waals surface area (Å²) in [6.07, 6.45) is 0. The number of piperazine rings is 1. The van der Waals surface area contributed by atoms with Crippen LogP contribution >= 0.6 is 12.4 Å². The molecule has 0 radical (unpaired) electrons. The second-order valence-corrected chi connectivity index (χ2v) is 4.45. The van der Waals surface area contributed by atoms with Crippen molar-refractivity contribution in [3.8, 4) is 0 Å². The van der Waals surface area contributed by atoms with Crippen molar-refractivity contribution >= 4 is 24.2 Å². The maximum Gasteiger partial charge on any atom is 0.242 e. The molecule has 17 heavy (non-hydrogen) atoms. The maximum absolute atomic E-state index is 12.0. The smallest absolute Gasteiger partial charge is 0.242 e. The van der Waals surface area contributed by atoms with Gasteiger partial charge in [0.05, 0.1) is 6.54 Å². The van der Waals surface area contributed by atoms with Crippen LogP contribution in [0, 0.1) is 0 Å². The van der Waals surface area contributed by atoms with E-state index in [0.717, 1.165) is 13.1 Å². The van der Waals surface area contributed by atoms with E-state index in [2.05, 4.69) is 12.2 Å². The van der Waals surface area contributed by atoms with Gasteiger partial charge in [-0.3, -0.25) is 9.59 Å². The van der Waals surface area contributed by atoms with E-state index < -0.39 is 0 Å². The van der Waals surface area contributed by atoms with Crippen LogP contribution in [0.2, 0.25) is 0 Å². The van der Waals surface area contributed by atoms with Crippen molar-refractivity contribution in [3.63, 3.8) is 0 Å². The van der Waals surface area contributed by atoms with Gasteiger partial charge >= 0.3 is 0 Å². The van der Waals surface area contributed by atoms with E-state index in [9.17, 15) is 9.59 Å². The van der Waals surface area contributed by atoms with E-state index in [1.807, 2.05) is 11.8 Å². The van der Waals surface area contributed by atoms with Crippen LogP contribution in [0.3, 0.4) is 0 Å². The normalized spacial score (nSPS) is 23.9. The quantitative estimate of drug-likeness (QED) is 0.769. The molecule has 0 bridgehead atoms. The molecule has 5 nitrogen and oxygen atoms in total. The second kappa shape index (κ2) is 6.81. The summed E-state index contributed by atoms with van der Waals surface area (Å²) in [4.78, 5) is 26.3. The maximum atomic E-state index is 12.0. The van der Waals surface area contributed by atoms with Crippen molar-refractivity contribution in [2.75, 3.05) is 26.7 Å². The zero-order valence-corrected chi connectivity index (χ0v) is 11.7. The van der Waals surface area contributed by atoms with E-state index >= 15 is 0 Å². The highest BCUT2D eigenvalue weighted by molar-refractivity contribution is 5.85. The third-order valence-electron chi connectivity index (χ3n) is 3.26. The zero-order valence-electron chi connectivity index (χ0n) is 10.9. The summed E-state index contributed by atoms with van der Waals surface area (Å²) in [5.41, 5.74) is 0. The van der Waals surface area contributed by atoms with E-state index in [4.69, 9.17) is 0 Å². The highest BCUT2D eigenvalue weighted by Gasteiger charge is 2.28. The lowest BCUT2D eigenvalue weighted by Gasteiger charge is -2.39. The minimum Gasteiger partial charge on any atom is -0.337 e. The minimum absolute atomic E-state index is 0. The number of carbonyl (C=O) groups excluding carboxylic acids is 2. The fourth-order valence-electron chi connectivity index (χ4n) is 1.81. The Hall–Kier alpha value is -0.810. The average molecular weight is 264 g/mol. The number of hydrogen-bond donors (Lipinski definition) is 1. The summed E-state index contributed by atoms with van der Waals surface area (Å²) in [5, 5.41) is 3.32. The fraction of sp³-hybridized carbons (Fsp3) is 0.818. The fourth-order valence-corrected chi connectivity index (χ4v) is 1.81. The molecule has 1 fully saturated rings. The van der Waals surface area contributed by atoms with Gasteiger partial charge in [-0.1, -0.05) is 0 Å². The molecule has 1 rings (SSSR count). The largest absolute Gasteiger partial charge is 0.337 e. The molecule has 100 valence electrons. The van der Waals surface area contributed by atoms with Crippen LogP contribution in [-0.2, 0) is 9.59 Å². The standard InChI is InChI=1S/C11H21N3O2.ClH/c1-8-9(2)14(6-5-12-8)11(16)7-13(4)10(3)15;/h8-9,12H,5-7H2,1-4H3;1H. The molecule has 2 amide bonds. The molecular weight excluding hydrogens is 242 g/mol. The molecule has 1 N–H and O–H groups in total. The van der Waals surface area contributed by atoms with E-state index in [1.165, 1.54) is 11.8 Å². The Morgan fingerprint density at radius 2 is 2.00 bits per heavy atom. The number of rotatable bonds is 2. The summed E-state index contributed by atoms with van der Waals surface area (Å²) in [6, 6.07) is 0.488. The van der Waals surface area contributed by atoms with Gasteiger partial charge in [-0.05, 0) is 13.8 Å². The van der Waals surface area contributed by atoms with Gasteiger partial charge < -0.3 is 15.1 Å². The van der Waals surface area contributed by atoms with Crippen molar-refractivity contribution in [3.05, 3.63) is 0 Å². The first-order chi connectivity index (χ1) is 7.43. The zero-order chi connectivity index (χ0) is 12.3. The van der Waals surface area contributed by atoms with Crippen molar-refractivity contribution in [2.45, 2.75) is 32.9 Å². The monoisotopic (exact) mass is 263 g/mol. The molecule has 1 heterocycles. The number of hydrogen-bond acceptors (Lipinski definition) is 3. The average Bonchev–Trinajstić information content (AvgIpc) is 2.21. The van der Waals surface area contributed by atoms with Crippen LogP contribution in [0.1, 0.15) is 20.8 Å².